The van der Waals surface area contributed by atoms with Crippen LogP contribution in [0, 0.1) is 5.92 Å². The number of unbranched alkanes of at least 4 members (excludes halogenated alkanes) is 13. The quantitative estimate of drug-likeness (QED) is 0.0340. The third-order valence-electron chi connectivity index (χ3n) is 6.85. The molecule has 8 heteroatoms. The van der Waals surface area contributed by atoms with Crippen LogP contribution in [0.2, 0.25) is 0 Å². The number of carbonyl (C=O) groups is 1. The number of carbonyl (C=O) groups excluding carboxylic acids is 1. The molecule has 220 valence electrons. The van der Waals surface area contributed by atoms with Gasteiger partial charge in [0, 0.05) is 0 Å². The molecule has 5 unspecified atom stereocenters. The van der Waals surface area contributed by atoms with Gasteiger partial charge in [-0.15, -0.1) is 12.6 Å². The Hall–Kier alpha value is -0.200. The van der Waals surface area contributed by atoms with E-state index in [-0.39, 0.29) is 6.61 Å². The largest absolute Gasteiger partial charge is 0.472 e. The number of esters is 1. The highest BCUT2D eigenvalue weighted by Crippen LogP contribution is 2.30. The Kier molecular flexibility index (Phi) is 24.7. The molecule has 0 aromatic heterocycles. The lowest BCUT2D eigenvalue weighted by molar-refractivity contribution is -0.258. The molecule has 0 saturated carbocycles. The summed E-state index contributed by atoms with van der Waals surface area (Å²) in [4.78, 5) is 12.0. The summed E-state index contributed by atoms with van der Waals surface area (Å²) in [5.74, 6) is -0.548. The Morgan fingerprint density at radius 2 is 1.27 bits per heavy atom. The van der Waals surface area contributed by atoms with Crippen molar-refractivity contribution in [2.75, 3.05) is 6.61 Å². The molecule has 0 radical (unpaired) electrons. The van der Waals surface area contributed by atoms with Gasteiger partial charge in [-0.3, -0.25) is 4.74 Å². The Morgan fingerprint density at radius 1 is 0.811 bits per heavy atom. The van der Waals surface area contributed by atoms with Gasteiger partial charge in [-0.25, -0.2) is 4.79 Å². The minimum atomic E-state index is -2.52. The van der Waals surface area contributed by atoms with E-state index >= 15 is 0 Å². The Balaban J connectivity index is 4.69. The molecule has 0 fully saturated rings. The fraction of sp³-hybridized carbons (Fsp3) is 0.966. The molecule has 0 heterocycles. The van der Waals surface area contributed by atoms with Crippen molar-refractivity contribution in [2.45, 2.75) is 167 Å². The molecular formula is C29H58O6PS+. The van der Waals surface area contributed by atoms with E-state index < -0.39 is 31.7 Å². The summed E-state index contributed by atoms with van der Waals surface area (Å²) in [5.41, 5.74) is -2.91. The molecule has 0 aromatic carbocycles. The van der Waals surface area contributed by atoms with Crippen LogP contribution in [-0.2, 0) is 23.6 Å². The van der Waals surface area contributed by atoms with Crippen molar-refractivity contribution >= 4 is 27.1 Å². The summed E-state index contributed by atoms with van der Waals surface area (Å²) in [5, 5.41) is 10.4. The van der Waals surface area contributed by atoms with Crippen LogP contribution in [-0.4, -0.2) is 34.9 Å². The van der Waals surface area contributed by atoms with E-state index in [1.54, 1.807) is 6.92 Å². The zero-order valence-corrected chi connectivity index (χ0v) is 26.2. The fourth-order valence-electron chi connectivity index (χ4n) is 4.59. The monoisotopic (exact) mass is 565 g/mol. The van der Waals surface area contributed by atoms with Crippen molar-refractivity contribution in [3.63, 3.8) is 0 Å². The van der Waals surface area contributed by atoms with Crippen LogP contribution in [0.5, 0.6) is 0 Å². The molecule has 0 aliphatic carbocycles. The van der Waals surface area contributed by atoms with Crippen LogP contribution >= 0.6 is 21.1 Å². The van der Waals surface area contributed by atoms with Gasteiger partial charge in [-0.2, -0.15) is 0 Å². The molecule has 37 heavy (non-hydrogen) atoms. The summed E-state index contributed by atoms with van der Waals surface area (Å²) in [6, 6.07) is 0. The first kappa shape index (κ1) is 36.8. The SMILES string of the molecule is CCCCCCCCCCCC(CCCCCCCC)CC(S)OC(CC)OC(O)([PH+]=O)C(=O)OCC. The maximum Gasteiger partial charge on any atom is 0.472 e. The molecule has 0 bridgehead atoms. The number of hydrogen-bond acceptors (Lipinski definition) is 7. The zero-order chi connectivity index (χ0) is 27.8. The molecule has 1 N–H and O–H groups in total. The molecule has 0 amide bonds. The van der Waals surface area contributed by atoms with Crippen LogP contribution in [0.25, 0.3) is 0 Å². The van der Waals surface area contributed by atoms with Crippen molar-refractivity contribution in [3.8, 4) is 0 Å². The topological polar surface area (TPSA) is 82.1 Å². The van der Waals surface area contributed by atoms with Crippen LogP contribution < -0.4 is 0 Å². The van der Waals surface area contributed by atoms with Gasteiger partial charge in [-0.05, 0) is 25.7 Å². The lowest BCUT2D eigenvalue weighted by Gasteiger charge is -2.26. The average Bonchev–Trinajstić information content (AvgIpc) is 2.88. The minimum absolute atomic E-state index is 0.0564. The van der Waals surface area contributed by atoms with Crippen molar-refractivity contribution in [1.82, 2.24) is 0 Å². The normalized spacial score (nSPS) is 15.8. The number of ether oxygens (including phenoxy) is 3. The predicted molar refractivity (Wildman–Crippen MR) is 158 cm³/mol. The summed E-state index contributed by atoms with van der Waals surface area (Å²) in [6.07, 6.45) is 22.2. The number of thiol groups is 1. The van der Waals surface area contributed by atoms with E-state index in [4.69, 9.17) is 14.2 Å². The lowest BCUT2D eigenvalue weighted by atomic mass is 9.91. The molecular weight excluding hydrogens is 507 g/mol. The van der Waals surface area contributed by atoms with Gasteiger partial charge in [-0.1, -0.05) is 134 Å². The van der Waals surface area contributed by atoms with Gasteiger partial charge in [0.2, 0.25) is 0 Å². The second-order valence-electron chi connectivity index (χ2n) is 10.3. The fourth-order valence-corrected chi connectivity index (χ4v) is 5.36. The number of hydrogen-bond donors (Lipinski definition) is 2. The van der Waals surface area contributed by atoms with E-state index in [2.05, 4.69) is 26.5 Å². The van der Waals surface area contributed by atoms with Gasteiger partial charge < -0.3 is 14.6 Å². The predicted octanol–water partition coefficient (Wildman–Crippen LogP) is 8.92. The van der Waals surface area contributed by atoms with Crippen molar-refractivity contribution in [2.24, 2.45) is 5.92 Å². The van der Waals surface area contributed by atoms with Crippen LogP contribution in [0.4, 0.5) is 0 Å². The average molecular weight is 566 g/mol. The van der Waals surface area contributed by atoms with Crippen molar-refractivity contribution in [1.29, 1.82) is 0 Å². The second kappa shape index (κ2) is 24.8. The Labute approximate surface area is 235 Å². The molecule has 0 aliphatic rings. The van der Waals surface area contributed by atoms with Crippen molar-refractivity contribution < 1.29 is 28.7 Å². The second-order valence-corrected chi connectivity index (χ2v) is 11.7. The van der Waals surface area contributed by atoms with Crippen LogP contribution in [0.1, 0.15) is 150 Å². The molecule has 5 atom stereocenters. The smallest absolute Gasteiger partial charge is 0.458 e. The molecule has 0 rings (SSSR count). The van der Waals surface area contributed by atoms with E-state index in [0.29, 0.717) is 12.3 Å². The van der Waals surface area contributed by atoms with E-state index in [0.717, 1.165) is 19.3 Å². The molecule has 0 aromatic rings. The zero-order valence-electron chi connectivity index (χ0n) is 24.3. The molecule has 6 nitrogen and oxygen atoms in total. The highest BCUT2D eigenvalue weighted by Gasteiger charge is 2.51. The highest BCUT2D eigenvalue weighted by atomic mass is 32.1. The first-order chi connectivity index (χ1) is 17.9. The maximum atomic E-state index is 12.0. The van der Waals surface area contributed by atoms with E-state index in [1.165, 1.54) is 96.3 Å². The van der Waals surface area contributed by atoms with Crippen LogP contribution in [0.15, 0.2) is 0 Å². The number of rotatable bonds is 27. The summed E-state index contributed by atoms with van der Waals surface area (Å²) in [6.45, 7) is 7.99. The summed E-state index contributed by atoms with van der Waals surface area (Å²) in [7, 11) is -1.42. The van der Waals surface area contributed by atoms with Gasteiger partial charge in [0.25, 0.3) is 0 Å². The van der Waals surface area contributed by atoms with Gasteiger partial charge >= 0.3 is 20.0 Å². The summed E-state index contributed by atoms with van der Waals surface area (Å²) >= 11 is 4.67. The third kappa shape index (κ3) is 19.5. The van der Waals surface area contributed by atoms with Gasteiger partial charge in [0.05, 0.1) is 6.61 Å². The molecule has 0 spiro atoms. The third-order valence-corrected chi connectivity index (χ3v) is 7.78. The standard InChI is InChI=1S/C29H57O6PS/c1-5-9-11-13-15-16-17-19-21-23-25(22-20-18-14-12-10-6-2)24-27(37)34-26(7-3)35-29(31,36-32)28(30)33-8-4/h25-27,31,37H,5-24H2,1-4H3/p+1. The van der Waals surface area contributed by atoms with E-state index in [1.807, 2.05) is 6.92 Å². The summed E-state index contributed by atoms with van der Waals surface area (Å²) < 4.78 is 27.7. The molecule has 0 aliphatic heterocycles. The maximum absolute atomic E-state index is 12.0. The van der Waals surface area contributed by atoms with Crippen molar-refractivity contribution in [3.05, 3.63) is 0 Å². The minimum Gasteiger partial charge on any atom is -0.458 e. The molecule has 0 saturated heterocycles. The number of aliphatic hydroxyl groups is 1. The first-order valence-electron chi connectivity index (χ1n) is 15.2. The lowest BCUT2D eigenvalue weighted by Crippen LogP contribution is -2.42. The van der Waals surface area contributed by atoms with Gasteiger partial charge in [0.1, 0.15) is 5.44 Å². The Bertz CT molecular complexity index is 552. The van der Waals surface area contributed by atoms with Crippen LogP contribution in [0.3, 0.4) is 0 Å². The van der Waals surface area contributed by atoms with Gasteiger partial charge in [0.15, 0.2) is 6.29 Å². The van der Waals surface area contributed by atoms with E-state index in [9.17, 15) is 14.5 Å². The Morgan fingerprint density at radius 3 is 1.68 bits per heavy atom. The highest BCUT2D eigenvalue weighted by molar-refractivity contribution is 7.80. The first-order valence-corrected chi connectivity index (χ1v) is 16.6.